The number of hydrogen-bond acceptors (Lipinski definition) is 6. The standard InChI is InChI=1S/C22H19N3O3S/c1-14-5-6-15(2)19(10-14)28-12-16-11-20(29-13-16)21(26)25-22-23-8-7-17(24-22)18-4-3-9-27-18/h3-11,13H,12H2,1-2H3,(H,23,24,25,26). The Morgan fingerprint density at radius 3 is 2.93 bits per heavy atom. The normalized spacial score (nSPS) is 10.7. The second-order valence-electron chi connectivity index (χ2n) is 6.57. The van der Waals surface area contributed by atoms with Crippen molar-refractivity contribution in [2.24, 2.45) is 0 Å². The van der Waals surface area contributed by atoms with Crippen molar-refractivity contribution in [3.63, 3.8) is 0 Å². The zero-order valence-electron chi connectivity index (χ0n) is 16.0. The number of aryl methyl sites for hydroxylation is 2. The number of amides is 1. The Labute approximate surface area is 172 Å². The molecular weight excluding hydrogens is 386 g/mol. The maximum atomic E-state index is 12.6. The van der Waals surface area contributed by atoms with Crippen molar-refractivity contribution in [2.45, 2.75) is 20.5 Å². The SMILES string of the molecule is Cc1ccc(C)c(OCc2csc(C(=O)Nc3nccc(-c4ccco4)n3)c2)c1. The first-order valence-corrected chi connectivity index (χ1v) is 9.92. The van der Waals surface area contributed by atoms with Crippen LogP contribution in [0.4, 0.5) is 5.95 Å². The van der Waals surface area contributed by atoms with Crippen LogP contribution in [0.5, 0.6) is 5.75 Å². The van der Waals surface area contributed by atoms with Crippen molar-refractivity contribution < 1.29 is 13.9 Å². The molecule has 1 aromatic carbocycles. The third-order valence-electron chi connectivity index (χ3n) is 4.27. The molecule has 0 radical (unpaired) electrons. The maximum Gasteiger partial charge on any atom is 0.268 e. The van der Waals surface area contributed by atoms with E-state index in [1.54, 1.807) is 30.7 Å². The summed E-state index contributed by atoms with van der Waals surface area (Å²) in [6.07, 6.45) is 3.15. The minimum absolute atomic E-state index is 0.227. The molecule has 0 unspecified atom stereocenters. The van der Waals surface area contributed by atoms with Crippen LogP contribution in [0.3, 0.4) is 0 Å². The van der Waals surface area contributed by atoms with Gasteiger partial charge in [-0.1, -0.05) is 12.1 Å². The average Bonchev–Trinajstić information content (AvgIpc) is 3.41. The maximum absolute atomic E-state index is 12.6. The van der Waals surface area contributed by atoms with Crippen LogP contribution in [0.1, 0.15) is 26.4 Å². The van der Waals surface area contributed by atoms with Crippen molar-refractivity contribution in [2.75, 3.05) is 5.32 Å². The number of thiophene rings is 1. The van der Waals surface area contributed by atoms with Gasteiger partial charge in [0, 0.05) is 11.8 Å². The first kappa shape index (κ1) is 18.9. The van der Waals surface area contributed by atoms with Gasteiger partial charge in [-0.15, -0.1) is 11.3 Å². The van der Waals surface area contributed by atoms with Gasteiger partial charge in [0.25, 0.3) is 5.91 Å². The van der Waals surface area contributed by atoms with E-state index >= 15 is 0 Å². The number of nitrogens with one attached hydrogen (secondary N) is 1. The third kappa shape index (κ3) is 4.52. The molecule has 0 aliphatic carbocycles. The molecule has 0 bridgehead atoms. The number of rotatable bonds is 6. The highest BCUT2D eigenvalue weighted by Gasteiger charge is 2.13. The number of furan rings is 1. The molecule has 0 saturated heterocycles. The van der Waals surface area contributed by atoms with Crippen LogP contribution in [0.15, 0.2) is 64.7 Å². The topological polar surface area (TPSA) is 77.2 Å². The van der Waals surface area contributed by atoms with Crippen LogP contribution >= 0.6 is 11.3 Å². The Kier molecular flexibility index (Phi) is 5.39. The molecule has 4 aromatic rings. The summed E-state index contributed by atoms with van der Waals surface area (Å²) in [5.41, 5.74) is 3.77. The van der Waals surface area contributed by atoms with Crippen molar-refractivity contribution in [1.29, 1.82) is 0 Å². The van der Waals surface area contributed by atoms with Gasteiger partial charge in [0.05, 0.1) is 11.1 Å². The van der Waals surface area contributed by atoms with E-state index in [1.165, 1.54) is 11.3 Å². The molecule has 1 N–H and O–H groups in total. The highest BCUT2D eigenvalue weighted by molar-refractivity contribution is 7.12. The van der Waals surface area contributed by atoms with Gasteiger partial charge in [-0.2, -0.15) is 0 Å². The van der Waals surface area contributed by atoms with Gasteiger partial charge in [-0.3, -0.25) is 10.1 Å². The first-order valence-electron chi connectivity index (χ1n) is 9.04. The number of carbonyl (C=O) groups excluding carboxylic acids is 1. The fourth-order valence-corrected chi connectivity index (χ4v) is 3.53. The molecular formula is C22H19N3O3S. The van der Waals surface area contributed by atoms with E-state index in [9.17, 15) is 4.79 Å². The predicted molar refractivity (Wildman–Crippen MR) is 112 cm³/mol. The number of ether oxygens (including phenoxy) is 1. The molecule has 3 aromatic heterocycles. The van der Waals surface area contributed by atoms with E-state index in [-0.39, 0.29) is 11.9 Å². The van der Waals surface area contributed by atoms with E-state index in [0.29, 0.717) is 22.9 Å². The number of carbonyl (C=O) groups is 1. The Morgan fingerprint density at radius 2 is 2.10 bits per heavy atom. The molecule has 29 heavy (non-hydrogen) atoms. The van der Waals surface area contributed by atoms with Gasteiger partial charge in [0.15, 0.2) is 5.76 Å². The van der Waals surface area contributed by atoms with Crippen LogP contribution in [0.2, 0.25) is 0 Å². The summed E-state index contributed by atoms with van der Waals surface area (Å²) in [5, 5.41) is 4.65. The summed E-state index contributed by atoms with van der Waals surface area (Å²) < 4.78 is 11.2. The van der Waals surface area contributed by atoms with Crippen LogP contribution in [-0.2, 0) is 6.61 Å². The molecule has 0 aliphatic heterocycles. The number of anilines is 1. The number of nitrogens with zero attached hydrogens (tertiary/aromatic N) is 2. The fraction of sp³-hybridized carbons (Fsp3) is 0.136. The zero-order chi connectivity index (χ0) is 20.2. The molecule has 3 heterocycles. The van der Waals surface area contributed by atoms with Crippen LogP contribution in [-0.4, -0.2) is 15.9 Å². The second-order valence-corrected chi connectivity index (χ2v) is 7.48. The Balaban J connectivity index is 1.41. The molecule has 146 valence electrons. The monoisotopic (exact) mass is 405 g/mol. The predicted octanol–water partition coefficient (Wildman–Crippen LogP) is 5.25. The molecule has 0 aliphatic rings. The van der Waals surface area contributed by atoms with E-state index < -0.39 is 0 Å². The lowest BCUT2D eigenvalue weighted by Crippen LogP contribution is -2.13. The largest absolute Gasteiger partial charge is 0.489 e. The molecule has 0 fully saturated rings. The second kappa shape index (κ2) is 8.28. The lowest BCUT2D eigenvalue weighted by Gasteiger charge is -2.08. The lowest BCUT2D eigenvalue weighted by atomic mass is 10.1. The van der Waals surface area contributed by atoms with Gasteiger partial charge in [-0.25, -0.2) is 9.97 Å². The van der Waals surface area contributed by atoms with Gasteiger partial charge in [0.2, 0.25) is 5.95 Å². The molecule has 0 atom stereocenters. The number of aromatic nitrogens is 2. The zero-order valence-corrected chi connectivity index (χ0v) is 16.8. The van der Waals surface area contributed by atoms with Crippen molar-refractivity contribution >= 4 is 23.2 Å². The van der Waals surface area contributed by atoms with E-state index in [1.807, 2.05) is 37.4 Å². The number of benzene rings is 1. The van der Waals surface area contributed by atoms with E-state index in [4.69, 9.17) is 9.15 Å². The van der Waals surface area contributed by atoms with Gasteiger partial charge >= 0.3 is 0 Å². The number of hydrogen-bond donors (Lipinski definition) is 1. The molecule has 0 spiro atoms. The summed E-state index contributed by atoms with van der Waals surface area (Å²) in [4.78, 5) is 21.6. The smallest absolute Gasteiger partial charge is 0.268 e. The van der Waals surface area contributed by atoms with Gasteiger partial charge in [-0.05, 0) is 60.7 Å². The summed E-state index contributed by atoms with van der Waals surface area (Å²) in [7, 11) is 0. The Morgan fingerprint density at radius 1 is 1.21 bits per heavy atom. The minimum atomic E-state index is -0.260. The average molecular weight is 405 g/mol. The van der Waals surface area contributed by atoms with Gasteiger partial charge in [0.1, 0.15) is 18.1 Å². The van der Waals surface area contributed by atoms with Crippen molar-refractivity contribution in [3.05, 3.63) is 81.9 Å². The summed E-state index contributed by atoms with van der Waals surface area (Å²) in [6, 6.07) is 13.2. The summed E-state index contributed by atoms with van der Waals surface area (Å²) >= 11 is 1.36. The van der Waals surface area contributed by atoms with Crippen LogP contribution in [0, 0.1) is 13.8 Å². The van der Waals surface area contributed by atoms with E-state index in [0.717, 1.165) is 22.4 Å². The fourth-order valence-electron chi connectivity index (χ4n) is 2.74. The molecule has 4 rings (SSSR count). The highest BCUT2D eigenvalue weighted by atomic mass is 32.1. The molecule has 7 heteroatoms. The Hall–Kier alpha value is -3.45. The van der Waals surface area contributed by atoms with Crippen molar-refractivity contribution in [3.8, 4) is 17.2 Å². The van der Waals surface area contributed by atoms with Crippen LogP contribution < -0.4 is 10.1 Å². The Bertz CT molecular complexity index is 1140. The third-order valence-corrected chi connectivity index (χ3v) is 5.25. The summed E-state index contributed by atoms with van der Waals surface area (Å²) in [6.45, 7) is 4.44. The first-order chi connectivity index (χ1) is 14.1. The highest BCUT2D eigenvalue weighted by Crippen LogP contribution is 2.23. The van der Waals surface area contributed by atoms with Crippen molar-refractivity contribution in [1.82, 2.24) is 9.97 Å². The summed E-state index contributed by atoms with van der Waals surface area (Å²) in [5.74, 6) is 1.44. The molecule has 6 nitrogen and oxygen atoms in total. The van der Waals surface area contributed by atoms with Crippen LogP contribution in [0.25, 0.3) is 11.5 Å². The molecule has 1 amide bonds. The minimum Gasteiger partial charge on any atom is -0.489 e. The quantitative estimate of drug-likeness (QED) is 0.474. The van der Waals surface area contributed by atoms with E-state index in [2.05, 4.69) is 21.4 Å². The molecule has 0 saturated carbocycles. The van der Waals surface area contributed by atoms with Gasteiger partial charge < -0.3 is 9.15 Å². The lowest BCUT2D eigenvalue weighted by molar-refractivity contribution is 0.102.